The van der Waals surface area contributed by atoms with Crippen molar-refractivity contribution in [3.05, 3.63) is 253 Å². The smallest absolute Gasteiger partial charge is 0.0754 e. The number of aromatic nitrogens is 1. The predicted octanol–water partition coefficient (Wildman–Crippen LogP) is 15.4. The van der Waals surface area contributed by atoms with Crippen molar-refractivity contribution in [2.75, 3.05) is 4.90 Å². The Morgan fingerprint density at radius 3 is 1.82 bits per heavy atom. The molecule has 2 nitrogen and oxygen atoms in total. The van der Waals surface area contributed by atoms with Crippen LogP contribution in [0.2, 0.25) is 0 Å². The molecule has 1 aromatic heterocycles. The summed E-state index contributed by atoms with van der Waals surface area (Å²) in [6, 6.07) is 85.4. The van der Waals surface area contributed by atoms with E-state index < -0.39 is 5.41 Å². The highest BCUT2D eigenvalue weighted by atomic mass is 15.1. The van der Waals surface area contributed by atoms with E-state index in [0.717, 1.165) is 17.1 Å². The third-order valence-corrected chi connectivity index (χ3v) is 13.4. The molecule has 1 aliphatic heterocycles. The lowest BCUT2D eigenvalue weighted by Gasteiger charge is -2.39. The molecule has 61 heavy (non-hydrogen) atoms. The van der Waals surface area contributed by atoms with Crippen LogP contribution >= 0.6 is 0 Å². The van der Waals surface area contributed by atoms with Crippen molar-refractivity contribution in [1.82, 2.24) is 4.57 Å². The highest BCUT2D eigenvalue weighted by molar-refractivity contribution is 6.13. The SMILES string of the molecule is c1ccc(-c2ccccc2-c2ccccc2N(c2ccc3c(c2)-c2ccccc2C32c3ccccc3-n3c4ccccc4c4cccc2c43)c2cccc3ccccc23)cc1. The van der Waals surface area contributed by atoms with Gasteiger partial charge in [0.05, 0.1) is 33.5 Å². The summed E-state index contributed by atoms with van der Waals surface area (Å²) < 4.78 is 2.52. The van der Waals surface area contributed by atoms with Crippen molar-refractivity contribution in [1.29, 1.82) is 0 Å². The van der Waals surface area contributed by atoms with Gasteiger partial charge < -0.3 is 9.47 Å². The molecule has 1 aliphatic carbocycles. The number of rotatable bonds is 5. The minimum atomic E-state index is -0.512. The summed E-state index contributed by atoms with van der Waals surface area (Å²) >= 11 is 0. The molecule has 0 bridgehead atoms. The molecule has 2 heteroatoms. The van der Waals surface area contributed by atoms with Gasteiger partial charge in [-0.15, -0.1) is 0 Å². The lowest BCUT2D eigenvalue weighted by molar-refractivity contribution is 0.748. The highest BCUT2D eigenvalue weighted by Gasteiger charge is 2.51. The average molecular weight is 775 g/mol. The van der Waals surface area contributed by atoms with Crippen molar-refractivity contribution in [3.8, 4) is 39.1 Å². The predicted molar refractivity (Wildman–Crippen MR) is 255 cm³/mol. The highest BCUT2D eigenvalue weighted by Crippen LogP contribution is 2.62. The fraction of sp³-hybridized carbons (Fsp3) is 0.0169. The van der Waals surface area contributed by atoms with Gasteiger partial charge in [-0.05, 0) is 91.9 Å². The maximum Gasteiger partial charge on any atom is 0.0754 e. The Balaban J connectivity index is 1.10. The van der Waals surface area contributed by atoms with Crippen LogP contribution in [0.1, 0.15) is 22.3 Å². The van der Waals surface area contributed by atoms with E-state index in [1.807, 2.05) is 0 Å². The maximum absolute atomic E-state index is 2.52. The third kappa shape index (κ3) is 4.67. The van der Waals surface area contributed by atoms with Gasteiger partial charge in [0, 0.05) is 27.4 Å². The molecule has 0 amide bonds. The molecule has 2 aliphatic rings. The standard InChI is InChI=1S/C59H38N2/c1-2-18-39(19-3-1)42-22-6-7-24-44(42)46-26-9-13-32-55(46)60(54-35-16-21-40-20-4-5-23-43(40)54)41-36-37-51-49(38-41)45-25-8-11-29-50(45)59(51)52-30-12-15-34-57(52)61-56-33-14-10-27-47(56)48-28-17-31-53(59)58(48)61/h1-38H. The van der Waals surface area contributed by atoms with Gasteiger partial charge in [0.25, 0.3) is 0 Å². The van der Waals surface area contributed by atoms with E-state index in [-0.39, 0.29) is 0 Å². The van der Waals surface area contributed by atoms with E-state index >= 15 is 0 Å². The Bertz CT molecular complexity index is 3550. The van der Waals surface area contributed by atoms with E-state index in [4.69, 9.17) is 0 Å². The van der Waals surface area contributed by atoms with Crippen molar-refractivity contribution < 1.29 is 0 Å². The fourth-order valence-corrected chi connectivity index (χ4v) is 11.0. The second-order valence-electron chi connectivity index (χ2n) is 16.4. The molecule has 284 valence electrons. The van der Waals surface area contributed by atoms with E-state index in [0.29, 0.717) is 0 Å². The van der Waals surface area contributed by atoms with Gasteiger partial charge in [0.2, 0.25) is 0 Å². The lowest BCUT2D eigenvalue weighted by Crippen LogP contribution is -2.33. The van der Waals surface area contributed by atoms with Gasteiger partial charge in [-0.2, -0.15) is 0 Å². The summed E-state index contributed by atoms with van der Waals surface area (Å²) in [5, 5.41) is 4.99. The fourth-order valence-electron chi connectivity index (χ4n) is 11.0. The number of hydrogen-bond donors (Lipinski definition) is 0. The largest absolute Gasteiger partial charge is 0.309 e. The molecule has 1 unspecified atom stereocenters. The van der Waals surface area contributed by atoms with E-state index in [9.17, 15) is 0 Å². The Labute approximate surface area is 354 Å². The van der Waals surface area contributed by atoms with Crippen molar-refractivity contribution in [2.45, 2.75) is 5.41 Å². The molecular formula is C59H38N2. The molecule has 11 aromatic rings. The molecular weight excluding hydrogens is 737 g/mol. The first-order valence-electron chi connectivity index (χ1n) is 21.2. The number of hydrogen-bond acceptors (Lipinski definition) is 1. The normalized spacial score (nSPS) is 14.6. The zero-order valence-electron chi connectivity index (χ0n) is 33.3. The van der Waals surface area contributed by atoms with Crippen LogP contribution in [0.25, 0.3) is 71.6 Å². The summed E-state index contributed by atoms with van der Waals surface area (Å²) in [4.78, 5) is 2.50. The van der Waals surface area contributed by atoms with Gasteiger partial charge >= 0.3 is 0 Å². The summed E-state index contributed by atoms with van der Waals surface area (Å²) in [7, 11) is 0. The number of nitrogens with zero attached hydrogens (tertiary/aromatic N) is 2. The van der Waals surface area contributed by atoms with Crippen LogP contribution in [0, 0.1) is 0 Å². The Morgan fingerprint density at radius 1 is 0.344 bits per heavy atom. The first kappa shape index (κ1) is 34.0. The van der Waals surface area contributed by atoms with Crippen molar-refractivity contribution in [3.63, 3.8) is 0 Å². The first-order chi connectivity index (χ1) is 30.3. The number of para-hydroxylation sites is 4. The molecule has 0 saturated heterocycles. The zero-order valence-corrected chi connectivity index (χ0v) is 33.3. The second kappa shape index (κ2) is 13.0. The third-order valence-electron chi connectivity index (χ3n) is 13.4. The van der Waals surface area contributed by atoms with Crippen LogP contribution < -0.4 is 4.90 Å². The molecule has 2 heterocycles. The zero-order chi connectivity index (χ0) is 40.1. The number of anilines is 3. The quantitative estimate of drug-likeness (QED) is 0.169. The van der Waals surface area contributed by atoms with Crippen LogP contribution in [-0.4, -0.2) is 4.57 Å². The molecule has 1 spiro atoms. The minimum Gasteiger partial charge on any atom is -0.309 e. The van der Waals surface area contributed by atoms with Crippen LogP contribution in [-0.2, 0) is 5.41 Å². The van der Waals surface area contributed by atoms with Crippen molar-refractivity contribution >= 4 is 49.6 Å². The summed E-state index contributed by atoms with van der Waals surface area (Å²) in [5.41, 5.74) is 19.2. The minimum absolute atomic E-state index is 0.512. The second-order valence-corrected chi connectivity index (χ2v) is 16.4. The molecule has 0 saturated carbocycles. The van der Waals surface area contributed by atoms with Gasteiger partial charge in [-0.3, -0.25) is 0 Å². The van der Waals surface area contributed by atoms with E-state index in [1.165, 1.54) is 93.9 Å². The Hall–Kier alpha value is -7.94. The Morgan fingerprint density at radius 2 is 0.934 bits per heavy atom. The number of benzene rings is 10. The van der Waals surface area contributed by atoms with Gasteiger partial charge in [0.15, 0.2) is 0 Å². The van der Waals surface area contributed by atoms with E-state index in [1.54, 1.807) is 0 Å². The molecule has 1 atom stereocenters. The van der Waals surface area contributed by atoms with Crippen LogP contribution in [0.4, 0.5) is 17.1 Å². The van der Waals surface area contributed by atoms with Gasteiger partial charge in [0.1, 0.15) is 0 Å². The Kier molecular flexibility index (Phi) is 7.26. The lowest BCUT2D eigenvalue weighted by atomic mass is 9.65. The average Bonchev–Trinajstić information content (AvgIpc) is 3.83. The molecule has 0 fully saturated rings. The van der Waals surface area contributed by atoms with Crippen molar-refractivity contribution in [2.24, 2.45) is 0 Å². The first-order valence-corrected chi connectivity index (χ1v) is 21.2. The van der Waals surface area contributed by atoms with Gasteiger partial charge in [-0.1, -0.05) is 194 Å². The summed E-state index contributed by atoms with van der Waals surface area (Å²) in [6.45, 7) is 0. The molecule has 13 rings (SSSR count). The molecule has 10 aromatic carbocycles. The van der Waals surface area contributed by atoms with Crippen LogP contribution in [0.5, 0.6) is 0 Å². The van der Waals surface area contributed by atoms with Gasteiger partial charge in [-0.25, -0.2) is 0 Å². The summed E-state index contributed by atoms with van der Waals surface area (Å²) in [5.74, 6) is 0. The van der Waals surface area contributed by atoms with E-state index in [2.05, 4.69) is 240 Å². The summed E-state index contributed by atoms with van der Waals surface area (Å²) in [6.07, 6.45) is 0. The molecule has 0 N–H and O–H groups in total. The maximum atomic E-state index is 2.52. The van der Waals surface area contributed by atoms with Crippen LogP contribution in [0.3, 0.4) is 0 Å². The number of fused-ring (bicyclic) bond motifs is 13. The molecule has 0 radical (unpaired) electrons. The van der Waals surface area contributed by atoms with Crippen LogP contribution in [0.15, 0.2) is 231 Å². The topological polar surface area (TPSA) is 8.17 Å². The monoisotopic (exact) mass is 774 g/mol.